The lowest BCUT2D eigenvalue weighted by molar-refractivity contribution is -0.138. The van der Waals surface area contributed by atoms with Crippen molar-refractivity contribution in [1.82, 2.24) is 20.0 Å². The van der Waals surface area contributed by atoms with Crippen molar-refractivity contribution in [2.75, 3.05) is 13.1 Å². The molecule has 0 aromatic carbocycles. The number of likely N-dealkylation sites (tertiary alicyclic amines) is 1. The van der Waals surface area contributed by atoms with E-state index in [4.69, 9.17) is 9.26 Å². The van der Waals surface area contributed by atoms with Crippen LogP contribution in [0.4, 0.5) is 0 Å². The van der Waals surface area contributed by atoms with Crippen LogP contribution in [0, 0.1) is 5.92 Å². The summed E-state index contributed by atoms with van der Waals surface area (Å²) < 4.78 is 11.1. The molecule has 3 rings (SSSR count). The molecule has 0 bridgehead atoms. The highest BCUT2D eigenvalue weighted by Gasteiger charge is 2.25. The van der Waals surface area contributed by atoms with Crippen LogP contribution in [0.25, 0.3) is 11.5 Å². The summed E-state index contributed by atoms with van der Waals surface area (Å²) in [6, 6.07) is 3.68. The molecule has 1 unspecified atom stereocenters. The number of nitrogens with zero attached hydrogens (tertiary/aromatic N) is 4. The van der Waals surface area contributed by atoms with Crippen molar-refractivity contribution in [3.8, 4) is 11.5 Å². The van der Waals surface area contributed by atoms with Crippen molar-refractivity contribution in [3.63, 3.8) is 0 Å². The second-order valence-corrected chi connectivity index (χ2v) is 6.27. The zero-order chi connectivity index (χ0) is 16.9. The van der Waals surface area contributed by atoms with Gasteiger partial charge >= 0.3 is 0 Å². The van der Waals surface area contributed by atoms with E-state index in [0.29, 0.717) is 18.3 Å². The minimum Gasteiger partial charge on any atom is -0.368 e. The third kappa shape index (κ3) is 3.97. The molecule has 0 spiro atoms. The Morgan fingerprint density at radius 2 is 2.38 bits per heavy atom. The normalized spacial score (nSPS) is 18.1. The lowest BCUT2D eigenvalue weighted by Crippen LogP contribution is -2.44. The molecule has 2 aromatic rings. The highest BCUT2D eigenvalue weighted by molar-refractivity contribution is 5.78. The predicted molar refractivity (Wildman–Crippen MR) is 86.8 cm³/mol. The van der Waals surface area contributed by atoms with Gasteiger partial charge in [0.25, 0.3) is 5.89 Å². The van der Waals surface area contributed by atoms with E-state index in [1.807, 2.05) is 30.9 Å². The Bertz CT molecular complexity index is 671. The summed E-state index contributed by atoms with van der Waals surface area (Å²) in [6.07, 6.45) is 5.28. The van der Waals surface area contributed by atoms with Crippen LogP contribution in [0.2, 0.25) is 0 Å². The molecule has 1 atom stereocenters. The molecule has 0 aliphatic carbocycles. The molecule has 1 amide bonds. The number of pyridine rings is 1. The lowest BCUT2D eigenvalue weighted by Gasteiger charge is -2.33. The first kappa shape index (κ1) is 16.6. The zero-order valence-corrected chi connectivity index (χ0v) is 14.0. The Balaban J connectivity index is 1.54. The average molecular weight is 330 g/mol. The van der Waals surface area contributed by atoms with Gasteiger partial charge in [0.15, 0.2) is 5.82 Å². The SMILES string of the molecule is CC(C)C(=O)N1CCCC(OCc2noc(-c3cccnc3)n2)C1. The average Bonchev–Trinajstić information content (AvgIpc) is 3.09. The number of carbonyl (C=O) groups is 1. The first-order chi connectivity index (χ1) is 11.6. The van der Waals surface area contributed by atoms with Crippen molar-refractivity contribution in [2.45, 2.75) is 39.4 Å². The highest BCUT2D eigenvalue weighted by Crippen LogP contribution is 2.18. The second-order valence-electron chi connectivity index (χ2n) is 6.27. The van der Waals surface area contributed by atoms with Crippen LogP contribution in [0.1, 0.15) is 32.5 Å². The molecule has 2 aromatic heterocycles. The van der Waals surface area contributed by atoms with Gasteiger partial charge in [-0.3, -0.25) is 9.78 Å². The molecule has 1 aliphatic rings. The smallest absolute Gasteiger partial charge is 0.259 e. The maximum Gasteiger partial charge on any atom is 0.259 e. The first-order valence-corrected chi connectivity index (χ1v) is 8.27. The van der Waals surface area contributed by atoms with Crippen LogP contribution in [0.3, 0.4) is 0 Å². The number of carbonyl (C=O) groups excluding carboxylic acids is 1. The van der Waals surface area contributed by atoms with Gasteiger partial charge in [-0.25, -0.2) is 0 Å². The first-order valence-electron chi connectivity index (χ1n) is 8.27. The fourth-order valence-corrected chi connectivity index (χ4v) is 2.75. The van der Waals surface area contributed by atoms with Gasteiger partial charge in [0.05, 0.1) is 11.7 Å². The summed E-state index contributed by atoms with van der Waals surface area (Å²) in [6.45, 7) is 5.56. The molecule has 0 saturated carbocycles. The predicted octanol–water partition coefficient (Wildman–Crippen LogP) is 2.30. The van der Waals surface area contributed by atoms with Gasteiger partial charge < -0.3 is 14.2 Å². The molecule has 0 N–H and O–H groups in total. The van der Waals surface area contributed by atoms with E-state index in [2.05, 4.69) is 15.1 Å². The molecular weight excluding hydrogens is 308 g/mol. The highest BCUT2D eigenvalue weighted by atomic mass is 16.5. The van der Waals surface area contributed by atoms with Crippen molar-refractivity contribution in [1.29, 1.82) is 0 Å². The Morgan fingerprint density at radius 3 is 3.12 bits per heavy atom. The molecule has 1 aliphatic heterocycles. The topological polar surface area (TPSA) is 81.4 Å². The fourth-order valence-electron chi connectivity index (χ4n) is 2.75. The van der Waals surface area contributed by atoms with Gasteiger partial charge in [0, 0.05) is 31.4 Å². The Labute approximate surface area is 141 Å². The van der Waals surface area contributed by atoms with Crippen molar-refractivity contribution >= 4 is 5.91 Å². The number of ether oxygens (including phenoxy) is 1. The van der Waals surface area contributed by atoms with Crippen molar-refractivity contribution in [2.24, 2.45) is 5.92 Å². The molecule has 0 radical (unpaired) electrons. The fraction of sp³-hybridized carbons (Fsp3) is 0.529. The van der Waals surface area contributed by atoms with Crippen molar-refractivity contribution < 1.29 is 14.1 Å². The molecule has 7 heteroatoms. The van der Waals surface area contributed by atoms with Crippen molar-refractivity contribution in [3.05, 3.63) is 30.4 Å². The summed E-state index contributed by atoms with van der Waals surface area (Å²) in [4.78, 5) is 22.3. The number of piperidine rings is 1. The molecule has 7 nitrogen and oxygen atoms in total. The maximum atomic E-state index is 12.1. The summed E-state index contributed by atoms with van der Waals surface area (Å²) in [5.74, 6) is 1.13. The van der Waals surface area contributed by atoms with E-state index >= 15 is 0 Å². The Morgan fingerprint density at radius 1 is 1.50 bits per heavy atom. The standard InChI is InChI=1S/C17H22N4O3/c1-12(2)17(22)21-8-4-6-14(10-21)23-11-15-19-16(24-20-15)13-5-3-7-18-9-13/h3,5,7,9,12,14H,4,6,8,10-11H2,1-2H3. The molecule has 3 heterocycles. The van der Waals surface area contributed by atoms with Crippen LogP contribution in [0.15, 0.2) is 29.0 Å². The van der Waals surface area contributed by atoms with E-state index in [9.17, 15) is 4.79 Å². The van der Waals surface area contributed by atoms with Gasteiger partial charge in [0.1, 0.15) is 6.61 Å². The van der Waals surface area contributed by atoms with Gasteiger partial charge in [0.2, 0.25) is 5.91 Å². The molecular formula is C17H22N4O3. The number of hydrogen-bond acceptors (Lipinski definition) is 6. The van der Waals surface area contributed by atoms with E-state index in [0.717, 1.165) is 24.9 Å². The minimum atomic E-state index is 0.0155. The third-order valence-electron chi connectivity index (χ3n) is 4.01. The van der Waals surface area contributed by atoms with E-state index in [1.54, 1.807) is 12.4 Å². The van der Waals surface area contributed by atoms with Crippen LogP contribution in [-0.4, -0.2) is 45.1 Å². The van der Waals surface area contributed by atoms with E-state index < -0.39 is 0 Å². The third-order valence-corrected chi connectivity index (χ3v) is 4.01. The van der Waals surface area contributed by atoms with E-state index in [-0.39, 0.29) is 24.5 Å². The lowest BCUT2D eigenvalue weighted by atomic mass is 10.1. The summed E-state index contributed by atoms with van der Waals surface area (Å²) in [7, 11) is 0. The summed E-state index contributed by atoms with van der Waals surface area (Å²) in [5, 5.41) is 3.94. The van der Waals surface area contributed by atoms with Crippen LogP contribution in [-0.2, 0) is 16.1 Å². The minimum absolute atomic E-state index is 0.0155. The second kappa shape index (κ2) is 7.53. The van der Waals surface area contributed by atoms with Gasteiger partial charge in [-0.15, -0.1) is 0 Å². The van der Waals surface area contributed by atoms with Gasteiger partial charge in [-0.05, 0) is 25.0 Å². The molecule has 1 saturated heterocycles. The Hall–Kier alpha value is -2.28. The number of amides is 1. The molecule has 1 fully saturated rings. The van der Waals surface area contributed by atoms with Crippen LogP contribution < -0.4 is 0 Å². The number of aromatic nitrogens is 3. The maximum absolute atomic E-state index is 12.1. The summed E-state index contributed by atoms with van der Waals surface area (Å²) in [5.41, 5.74) is 0.780. The monoisotopic (exact) mass is 330 g/mol. The molecule has 128 valence electrons. The van der Waals surface area contributed by atoms with Gasteiger partial charge in [-0.1, -0.05) is 19.0 Å². The number of rotatable bonds is 5. The summed E-state index contributed by atoms with van der Waals surface area (Å²) >= 11 is 0. The van der Waals surface area contributed by atoms with Gasteiger partial charge in [-0.2, -0.15) is 4.98 Å². The quantitative estimate of drug-likeness (QED) is 0.836. The molecule has 24 heavy (non-hydrogen) atoms. The Kier molecular flexibility index (Phi) is 5.20. The largest absolute Gasteiger partial charge is 0.368 e. The number of hydrogen-bond donors (Lipinski definition) is 0. The zero-order valence-electron chi connectivity index (χ0n) is 14.0. The van der Waals surface area contributed by atoms with Crippen LogP contribution >= 0.6 is 0 Å². The van der Waals surface area contributed by atoms with E-state index in [1.165, 1.54) is 0 Å². The van der Waals surface area contributed by atoms with Crippen LogP contribution in [0.5, 0.6) is 0 Å².